The van der Waals surface area contributed by atoms with Crippen LogP contribution in [0.2, 0.25) is 5.02 Å². The molecule has 1 amide bonds. The number of H-pyrrole nitrogens is 1. The summed E-state index contributed by atoms with van der Waals surface area (Å²) in [5.74, 6) is -0.0587. The minimum atomic E-state index is -4.58. The zero-order chi connectivity index (χ0) is 23.9. The van der Waals surface area contributed by atoms with Gasteiger partial charge in [-0.3, -0.25) is 4.79 Å². The number of rotatable bonds is 4. The Hall–Kier alpha value is -3.59. The van der Waals surface area contributed by atoms with Crippen LogP contribution in [0.4, 0.5) is 24.5 Å². The molecule has 0 atom stereocenters. The molecule has 0 radical (unpaired) electrons. The number of nitrogens with one attached hydrogen (secondary N) is 2. The zero-order valence-corrected chi connectivity index (χ0v) is 18.6. The summed E-state index contributed by atoms with van der Waals surface area (Å²) in [5.41, 5.74) is 2.53. The van der Waals surface area contributed by atoms with E-state index in [4.69, 9.17) is 11.6 Å². The minimum absolute atomic E-state index is 0.0227. The number of alkyl halides is 3. The first-order chi connectivity index (χ1) is 15.5. The van der Waals surface area contributed by atoms with Crippen LogP contribution in [0.1, 0.15) is 21.7 Å². The van der Waals surface area contributed by atoms with Crippen molar-refractivity contribution < 1.29 is 18.0 Å². The minimum Gasteiger partial charge on any atom is -0.378 e. The highest BCUT2D eigenvalue weighted by Gasteiger charge is 2.33. The number of imidazole rings is 1. The Morgan fingerprint density at radius 3 is 2.48 bits per heavy atom. The van der Waals surface area contributed by atoms with Gasteiger partial charge in [0.1, 0.15) is 11.5 Å². The molecule has 0 bridgehead atoms. The molecule has 10 heteroatoms. The highest BCUT2D eigenvalue weighted by molar-refractivity contribution is 6.33. The summed E-state index contributed by atoms with van der Waals surface area (Å²) in [4.78, 5) is 26.0. The van der Waals surface area contributed by atoms with E-state index in [1.807, 2.05) is 37.2 Å². The number of amides is 1. The summed E-state index contributed by atoms with van der Waals surface area (Å²) < 4.78 is 38.5. The fourth-order valence-corrected chi connectivity index (χ4v) is 3.55. The third kappa shape index (κ3) is 4.63. The molecule has 170 valence electrons. The van der Waals surface area contributed by atoms with Crippen LogP contribution in [0, 0.1) is 6.92 Å². The van der Waals surface area contributed by atoms with E-state index in [0.29, 0.717) is 22.1 Å². The van der Waals surface area contributed by atoms with E-state index in [1.165, 1.54) is 6.92 Å². The molecule has 0 saturated carbocycles. The molecule has 33 heavy (non-hydrogen) atoms. The monoisotopic (exact) mass is 473 g/mol. The van der Waals surface area contributed by atoms with Crippen molar-refractivity contribution in [1.82, 2.24) is 15.0 Å². The zero-order valence-electron chi connectivity index (χ0n) is 17.9. The first-order valence-corrected chi connectivity index (χ1v) is 10.2. The van der Waals surface area contributed by atoms with Crippen LogP contribution in [0.15, 0.2) is 48.5 Å². The van der Waals surface area contributed by atoms with Gasteiger partial charge in [-0.15, -0.1) is 0 Å². The van der Waals surface area contributed by atoms with E-state index in [1.54, 1.807) is 18.2 Å². The van der Waals surface area contributed by atoms with Gasteiger partial charge in [-0.05, 0) is 55.5 Å². The summed E-state index contributed by atoms with van der Waals surface area (Å²) in [5, 5.41) is 3.11. The summed E-state index contributed by atoms with van der Waals surface area (Å²) in [6.07, 6.45) is -4.58. The number of aromatic amines is 1. The summed E-state index contributed by atoms with van der Waals surface area (Å²) in [6.45, 7) is 1.35. The maximum atomic E-state index is 12.8. The molecule has 2 heterocycles. The van der Waals surface area contributed by atoms with Crippen molar-refractivity contribution in [2.45, 2.75) is 13.1 Å². The van der Waals surface area contributed by atoms with Crippen LogP contribution in [0.3, 0.4) is 0 Å². The van der Waals surface area contributed by atoms with E-state index < -0.39 is 17.8 Å². The molecule has 0 saturated heterocycles. The number of anilines is 2. The van der Waals surface area contributed by atoms with Crippen LogP contribution in [0.25, 0.3) is 22.4 Å². The number of fused-ring (bicyclic) bond motifs is 1. The number of aryl methyl sites for hydroxylation is 1. The van der Waals surface area contributed by atoms with E-state index in [9.17, 15) is 18.0 Å². The number of benzene rings is 2. The first kappa shape index (κ1) is 22.6. The van der Waals surface area contributed by atoms with Gasteiger partial charge in [-0.25, -0.2) is 9.97 Å². The summed E-state index contributed by atoms with van der Waals surface area (Å²) in [6, 6.07) is 12.6. The van der Waals surface area contributed by atoms with Crippen molar-refractivity contribution in [1.29, 1.82) is 0 Å². The van der Waals surface area contributed by atoms with Crippen molar-refractivity contribution >= 4 is 39.9 Å². The second-order valence-electron chi connectivity index (χ2n) is 7.66. The first-order valence-electron chi connectivity index (χ1n) is 9.86. The van der Waals surface area contributed by atoms with Crippen LogP contribution in [-0.4, -0.2) is 35.0 Å². The average molecular weight is 474 g/mol. The van der Waals surface area contributed by atoms with Gasteiger partial charge in [-0.1, -0.05) is 11.6 Å². The smallest absolute Gasteiger partial charge is 0.378 e. The average Bonchev–Trinajstić information content (AvgIpc) is 3.17. The molecule has 0 fully saturated rings. The highest BCUT2D eigenvalue weighted by Crippen LogP contribution is 2.32. The number of hydrogen-bond donors (Lipinski definition) is 2. The predicted octanol–water partition coefficient (Wildman–Crippen LogP) is 5.92. The fraction of sp³-hybridized carbons (Fsp3) is 0.174. The number of halogens is 4. The second-order valence-corrected chi connectivity index (χ2v) is 8.06. The van der Waals surface area contributed by atoms with Crippen molar-refractivity contribution in [3.8, 4) is 11.4 Å². The molecule has 0 unspecified atom stereocenters. The van der Waals surface area contributed by atoms with Gasteiger partial charge >= 0.3 is 6.18 Å². The number of hydrogen-bond acceptors (Lipinski definition) is 4. The van der Waals surface area contributed by atoms with E-state index in [2.05, 4.69) is 20.3 Å². The largest absolute Gasteiger partial charge is 0.433 e. The predicted molar refractivity (Wildman–Crippen MR) is 123 cm³/mol. The number of nitrogens with zero attached hydrogens (tertiary/aromatic N) is 3. The molecule has 4 aromatic rings. The highest BCUT2D eigenvalue weighted by atomic mass is 35.5. The SMILES string of the molecule is Cc1nc(C(F)(F)F)ccc1C(=O)Nc1ccc(Cl)c(-c2nc3cc(N(C)C)ccc3[nH]2)c1. The van der Waals surface area contributed by atoms with E-state index in [0.717, 1.165) is 28.9 Å². The molecule has 6 nitrogen and oxygen atoms in total. The fourth-order valence-electron chi connectivity index (χ4n) is 3.34. The third-order valence-electron chi connectivity index (χ3n) is 5.08. The number of aromatic nitrogens is 3. The Kier molecular flexibility index (Phi) is 5.75. The summed E-state index contributed by atoms with van der Waals surface area (Å²) >= 11 is 6.38. The van der Waals surface area contributed by atoms with Crippen molar-refractivity contribution in [2.75, 3.05) is 24.3 Å². The van der Waals surface area contributed by atoms with Crippen molar-refractivity contribution in [3.63, 3.8) is 0 Å². The third-order valence-corrected chi connectivity index (χ3v) is 5.41. The number of carbonyl (C=O) groups excluding carboxylic acids is 1. The van der Waals surface area contributed by atoms with Crippen LogP contribution >= 0.6 is 11.6 Å². The lowest BCUT2D eigenvalue weighted by Crippen LogP contribution is -2.16. The van der Waals surface area contributed by atoms with Crippen LogP contribution < -0.4 is 10.2 Å². The molecule has 0 spiro atoms. The van der Waals surface area contributed by atoms with Gasteiger partial charge < -0.3 is 15.2 Å². The Labute approximate surface area is 192 Å². The normalized spacial score (nSPS) is 11.6. The van der Waals surface area contributed by atoms with Gasteiger partial charge in [0.25, 0.3) is 5.91 Å². The second kappa shape index (κ2) is 8.40. The van der Waals surface area contributed by atoms with Crippen molar-refractivity contribution in [2.24, 2.45) is 0 Å². The lowest BCUT2D eigenvalue weighted by molar-refractivity contribution is -0.141. The maximum Gasteiger partial charge on any atom is 0.433 e. The molecule has 0 aliphatic heterocycles. The molecule has 0 aliphatic carbocycles. The Morgan fingerprint density at radius 1 is 1.06 bits per heavy atom. The molecule has 2 aromatic heterocycles. The molecule has 2 N–H and O–H groups in total. The van der Waals surface area contributed by atoms with Gasteiger partial charge in [-0.2, -0.15) is 13.2 Å². The van der Waals surface area contributed by atoms with Crippen molar-refractivity contribution in [3.05, 3.63) is 70.5 Å². The van der Waals surface area contributed by atoms with Crippen LogP contribution in [0.5, 0.6) is 0 Å². The Balaban J connectivity index is 1.63. The van der Waals surface area contributed by atoms with Gasteiger partial charge in [0, 0.05) is 31.0 Å². The molecule has 0 aliphatic rings. The van der Waals surface area contributed by atoms with Gasteiger partial charge in [0.05, 0.1) is 27.3 Å². The molecular formula is C23H19ClF3N5O. The Bertz CT molecular complexity index is 1360. The van der Waals surface area contributed by atoms with Gasteiger partial charge in [0.15, 0.2) is 0 Å². The topological polar surface area (TPSA) is 73.9 Å². The quantitative estimate of drug-likeness (QED) is 0.385. The lowest BCUT2D eigenvalue weighted by Gasteiger charge is -2.11. The molecule has 4 rings (SSSR count). The summed E-state index contributed by atoms with van der Waals surface area (Å²) in [7, 11) is 3.87. The van der Waals surface area contributed by atoms with E-state index in [-0.39, 0.29) is 11.3 Å². The molecule has 2 aromatic carbocycles. The standard InChI is InChI=1S/C23H19ClF3N5O/c1-12-15(6-9-20(28-12)23(25,26)27)22(33)29-13-4-7-17(24)16(10-13)21-30-18-8-5-14(32(2)3)11-19(18)31-21/h4-11H,1-3H3,(H,29,33)(H,30,31). The number of pyridine rings is 1. The van der Waals surface area contributed by atoms with E-state index >= 15 is 0 Å². The van der Waals surface area contributed by atoms with Gasteiger partial charge in [0.2, 0.25) is 0 Å². The number of carbonyl (C=O) groups is 1. The molecular weight excluding hydrogens is 455 g/mol. The van der Waals surface area contributed by atoms with Crippen LogP contribution in [-0.2, 0) is 6.18 Å². The maximum absolute atomic E-state index is 12.8. The lowest BCUT2D eigenvalue weighted by atomic mass is 10.1. The Morgan fingerprint density at radius 2 is 1.82 bits per heavy atom.